The van der Waals surface area contributed by atoms with Crippen molar-refractivity contribution in [1.82, 2.24) is 24.1 Å². The van der Waals surface area contributed by atoms with Gasteiger partial charge in [-0.05, 0) is 61.4 Å². The van der Waals surface area contributed by atoms with Crippen LogP contribution in [0.4, 0.5) is 23.1 Å². The van der Waals surface area contributed by atoms with Gasteiger partial charge >= 0.3 is 0 Å². The number of hydrogen-bond acceptors (Lipinski definition) is 11. The van der Waals surface area contributed by atoms with Gasteiger partial charge in [-0.1, -0.05) is 29.8 Å². The smallest absolute Gasteiger partial charge is 0.245 e. The first-order chi connectivity index (χ1) is 22.3. The lowest BCUT2D eigenvalue weighted by Crippen LogP contribution is -2.51. The Labute approximate surface area is 275 Å². The molecule has 0 saturated carbocycles. The molecule has 6 rings (SSSR count). The fourth-order valence-electron chi connectivity index (χ4n) is 6.77. The van der Waals surface area contributed by atoms with Gasteiger partial charge in [-0.2, -0.15) is 9.29 Å². The van der Waals surface area contributed by atoms with Crippen LogP contribution in [0, 0.1) is 0 Å². The number of para-hydroxylation sites is 1. The minimum absolute atomic E-state index is 0.0602. The number of benzene rings is 2. The van der Waals surface area contributed by atoms with E-state index in [1.165, 1.54) is 27.7 Å². The van der Waals surface area contributed by atoms with Crippen LogP contribution in [0.1, 0.15) is 30.4 Å². The van der Waals surface area contributed by atoms with Crippen LogP contribution in [0.5, 0.6) is 5.75 Å². The molecule has 1 aromatic heterocycles. The summed E-state index contributed by atoms with van der Waals surface area (Å²) in [6.07, 6.45) is 5.22. The molecular weight excluding hydrogens is 630 g/mol. The van der Waals surface area contributed by atoms with Crippen LogP contribution < -0.4 is 15.4 Å². The standard InChI is InChI=1S/C32H42ClN7O5S/c1-45-30-25-6-4-5-23(39-15-13-38(14-16-39)17-18-41)19-22(25)9-10-28(30)36-32-34-20-26(33)31(37-32)35-27-7-2-3-8-29(27)46(43,44)40-12-11-24(42)21-40/h2-3,7-10,20,23-24,41-42H,4-6,11-19,21H2,1H3,(H2,34,35,36,37). The topological polar surface area (TPSA) is 143 Å². The van der Waals surface area contributed by atoms with Gasteiger partial charge in [0.2, 0.25) is 16.0 Å². The van der Waals surface area contributed by atoms with E-state index in [0.717, 1.165) is 69.8 Å². The number of halogens is 1. The van der Waals surface area contributed by atoms with Gasteiger partial charge < -0.3 is 25.6 Å². The molecule has 2 aliphatic heterocycles. The summed E-state index contributed by atoms with van der Waals surface area (Å²) in [6.45, 7) is 5.25. The highest BCUT2D eigenvalue weighted by Gasteiger charge is 2.33. The monoisotopic (exact) mass is 671 g/mol. The Balaban J connectivity index is 1.20. The third-order valence-corrected chi connectivity index (χ3v) is 11.4. The number of piperazine rings is 1. The van der Waals surface area contributed by atoms with Crippen LogP contribution in [0.3, 0.4) is 0 Å². The molecule has 3 aliphatic rings. The van der Waals surface area contributed by atoms with E-state index in [2.05, 4.69) is 36.5 Å². The van der Waals surface area contributed by atoms with Crippen molar-refractivity contribution in [3.05, 3.63) is 58.7 Å². The van der Waals surface area contributed by atoms with Gasteiger partial charge in [0, 0.05) is 51.9 Å². The number of methoxy groups -OCH3 is 1. The second-order valence-corrected chi connectivity index (χ2v) is 14.4. The van der Waals surface area contributed by atoms with E-state index < -0.39 is 16.1 Å². The Kier molecular flexibility index (Phi) is 10.3. The summed E-state index contributed by atoms with van der Waals surface area (Å²) < 4.78 is 34.1. The molecule has 46 heavy (non-hydrogen) atoms. The second kappa shape index (κ2) is 14.4. The molecule has 2 atom stereocenters. The van der Waals surface area contributed by atoms with Gasteiger partial charge in [-0.15, -0.1) is 0 Å². The van der Waals surface area contributed by atoms with Crippen LogP contribution in [-0.2, 0) is 22.9 Å². The van der Waals surface area contributed by atoms with Crippen molar-refractivity contribution >= 4 is 44.8 Å². The summed E-state index contributed by atoms with van der Waals surface area (Å²) >= 11 is 6.48. The summed E-state index contributed by atoms with van der Waals surface area (Å²) in [5.74, 6) is 1.29. The van der Waals surface area contributed by atoms with Crippen LogP contribution in [-0.4, -0.2) is 114 Å². The number of aromatic nitrogens is 2. The molecule has 0 bridgehead atoms. The molecule has 0 spiro atoms. The zero-order valence-electron chi connectivity index (χ0n) is 26.0. The summed E-state index contributed by atoms with van der Waals surface area (Å²) in [7, 11) is -2.18. The highest BCUT2D eigenvalue weighted by molar-refractivity contribution is 7.89. The fourth-order valence-corrected chi connectivity index (χ4v) is 8.55. The van der Waals surface area contributed by atoms with Crippen molar-refractivity contribution in [2.75, 3.05) is 70.2 Å². The molecule has 2 saturated heterocycles. The van der Waals surface area contributed by atoms with Gasteiger partial charge in [0.1, 0.15) is 15.7 Å². The predicted molar refractivity (Wildman–Crippen MR) is 178 cm³/mol. The van der Waals surface area contributed by atoms with Gasteiger partial charge in [-0.3, -0.25) is 9.80 Å². The van der Waals surface area contributed by atoms with Crippen molar-refractivity contribution in [2.45, 2.75) is 49.1 Å². The zero-order valence-corrected chi connectivity index (χ0v) is 27.6. The Hall–Kier alpha value is -3.04. The number of anilines is 4. The molecule has 12 nitrogen and oxygen atoms in total. The quantitative estimate of drug-likeness (QED) is 0.236. The Morgan fingerprint density at radius 2 is 1.85 bits per heavy atom. The maximum atomic E-state index is 13.4. The van der Waals surface area contributed by atoms with Crippen molar-refractivity contribution in [3.8, 4) is 5.75 Å². The maximum absolute atomic E-state index is 13.4. The number of hydrogen-bond donors (Lipinski definition) is 4. The van der Waals surface area contributed by atoms with E-state index >= 15 is 0 Å². The van der Waals surface area contributed by atoms with E-state index in [1.807, 2.05) is 6.07 Å². The number of rotatable bonds is 10. The molecule has 0 amide bonds. The minimum atomic E-state index is -3.85. The molecule has 2 unspecified atom stereocenters. The number of nitrogens with zero attached hydrogens (tertiary/aromatic N) is 5. The van der Waals surface area contributed by atoms with Crippen LogP contribution in [0.25, 0.3) is 0 Å². The average Bonchev–Trinajstić information content (AvgIpc) is 3.39. The molecule has 248 valence electrons. The SMILES string of the molecule is COc1c(Nc2ncc(Cl)c(Nc3ccccc3S(=O)(=O)N3CCC(O)C3)n2)ccc2c1CCCC(N1CCN(CCO)CC1)C2. The third kappa shape index (κ3) is 7.10. The Bertz CT molecular complexity index is 1640. The van der Waals surface area contributed by atoms with Gasteiger partial charge in [-0.25, -0.2) is 13.4 Å². The van der Waals surface area contributed by atoms with Crippen molar-refractivity contribution < 1.29 is 23.4 Å². The predicted octanol–water partition coefficient (Wildman–Crippen LogP) is 3.24. The average molecular weight is 672 g/mol. The summed E-state index contributed by atoms with van der Waals surface area (Å²) in [5.41, 5.74) is 3.53. The van der Waals surface area contributed by atoms with Crippen molar-refractivity contribution in [1.29, 1.82) is 0 Å². The molecule has 4 N–H and O–H groups in total. The first-order valence-corrected chi connectivity index (χ1v) is 17.7. The lowest BCUT2D eigenvalue weighted by Gasteiger charge is -2.39. The molecule has 2 fully saturated rings. The molecular formula is C32H42ClN7O5S. The Morgan fingerprint density at radius 3 is 2.59 bits per heavy atom. The van der Waals surface area contributed by atoms with Gasteiger partial charge in [0.05, 0.1) is 37.4 Å². The molecule has 1 aliphatic carbocycles. The molecule has 14 heteroatoms. The van der Waals surface area contributed by atoms with E-state index in [-0.39, 0.29) is 41.4 Å². The number of nitrogens with one attached hydrogen (secondary N) is 2. The zero-order chi connectivity index (χ0) is 32.3. The maximum Gasteiger partial charge on any atom is 0.245 e. The molecule has 3 heterocycles. The lowest BCUT2D eigenvalue weighted by atomic mass is 9.98. The third-order valence-electron chi connectivity index (χ3n) is 9.20. The summed E-state index contributed by atoms with van der Waals surface area (Å²) in [6, 6.07) is 11.2. The lowest BCUT2D eigenvalue weighted by molar-refractivity contribution is 0.0805. The fraction of sp³-hybridized carbons (Fsp3) is 0.500. The van der Waals surface area contributed by atoms with E-state index in [0.29, 0.717) is 18.2 Å². The highest BCUT2D eigenvalue weighted by atomic mass is 35.5. The minimum Gasteiger partial charge on any atom is -0.494 e. The normalized spacial score (nSPS) is 21.5. The molecule has 0 radical (unpaired) electrons. The molecule has 3 aromatic rings. The number of sulfonamides is 1. The highest BCUT2D eigenvalue weighted by Crippen LogP contribution is 2.38. The van der Waals surface area contributed by atoms with Crippen LogP contribution >= 0.6 is 11.6 Å². The van der Waals surface area contributed by atoms with Crippen LogP contribution in [0.15, 0.2) is 47.5 Å². The first kappa shape index (κ1) is 32.9. The largest absolute Gasteiger partial charge is 0.494 e. The van der Waals surface area contributed by atoms with Crippen molar-refractivity contribution in [2.24, 2.45) is 0 Å². The first-order valence-electron chi connectivity index (χ1n) is 15.9. The van der Waals surface area contributed by atoms with E-state index in [4.69, 9.17) is 16.3 Å². The number of ether oxygens (including phenoxy) is 1. The Morgan fingerprint density at radius 1 is 1.04 bits per heavy atom. The number of aliphatic hydroxyl groups excluding tert-OH is 2. The second-order valence-electron chi connectivity index (χ2n) is 12.1. The number of fused-ring (bicyclic) bond motifs is 1. The van der Waals surface area contributed by atoms with Gasteiger partial charge in [0.25, 0.3) is 0 Å². The summed E-state index contributed by atoms with van der Waals surface area (Å²) in [4.78, 5) is 14.0. The van der Waals surface area contributed by atoms with Gasteiger partial charge in [0.15, 0.2) is 5.82 Å². The molecule has 2 aromatic carbocycles. The van der Waals surface area contributed by atoms with Crippen molar-refractivity contribution in [3.63, 3.8) is 0 Å². The van der Waals surface area contributed by atoms with E-state index in [9.17, 15) is 18.6 Å². The number of aliphatic hydroxyl groups is 2. The number of β-amino-alcohol motifs (C(OH)–C–C–N with tert-alkyl or cyclic N) is 2. The van der Waals surface area contributed by atoms with E-state index in [1.54, 1.807) is 25.3 Å². The van der Waals surface area contributed by atoms with Crippen LogP contribution in [0.2, 0.25) is 5.02 Å². The summed E-state index contributed by atoms with van der Waals surface area (Å²) in [5, 5.41) is 25.8.